The first kappa shape index (κ1) is 21.8. The Morgan fingerprint density at radius 3 is 2.53 bits per heavy atom. The van der Waals surface area contributed by atoms with Crippen molar-refractivity contribution in [2.24, 2.45) is 0 Å². The normalized spacial score (nSPS) is 18.2. The molecule has 1 aromatic heterocycles. The Hall–Kier alpha value is -3.38. The molecule has 4 rings (SSSR count). The number of H-pyrrole nitrogens is 1. The van der Waals surface area contributed by atoms with Gasteiger partial charge in [0.05, 0.1) is 24.3 Å². The van der Waals surface area contributed by atoms with Gasteiger partial charge in [0.15, 0.2) is 0 Å². The van der Waals surface area contributed by atoms with Gasteiger partial charge in [0.1, 0.15) is 5.76 Å². The molecular weight excluding hydrogens is 404 g/mol. The number of hydrogen-bond donors (Lipinski definition) is 2. The lowest BCUT2D eigenvalue weighted by atomic mass is 9.94. The molecule has 1 unspecified atom stereocenters. The first-order valence-corrected chi connectivity index (χ1v) is 11.0. The number of carbonyl (C=O) groups is 2. The van der Waals surface area contributed by atoms with E-state index in [2.05, 4.69) is 11.9 Å². The van der Waals surface area contributed by atoms with Crippen molar-refractivity contribution in [3.63, 3.8) is 0 Å². The molecule has 6 nitrogen and oxygen atoms in total. The summed E-state index contributed by atoms with van der Waals surface area (Å²) in [4.78, 5) is 30.8. The van der Waals surface area contributed by atoms with Crippen molar-refractivity contribution >= 4 is 28.4 Å². The summed E-state index contributed by atoms with van der Waals surface area (Å²) in [7, 11) is 0. The van der Waals surface area contributed by atoms with Crippen molar-refractivity contribution < 1.29 is 19.4 Å². The van der Waals surface area contributed by atoms with Crippen LogP contribution in [0.15, 0.2) is 60.3 Å². The number of ether oxygens (including phenoxy) is 1. The highest BCUT2D eigenvalue weighted by Crippen LogP contribution is 2.40. The molecule has 0 spiro atoms. The van der Waals surface area contributed by atoms with Gasteiger partial charge in [0, 0.05) is 29.2 Å². The summed E-state index contributed by atoms with van der Waals surface area (Å²) in [5, 5.41) is 12.1. The van der Waals surface area contributed by atoms with E-state index >= 15 is 0 Å². The molecule has 0 bridgehead atoms. The fourth-order valence-corrected chi connectivity index (χ4v) is 4.19. The van der Waals surface area contributed by atoms with Crippen molar-refractivity contribution in [3.05, 3.63) is 77.0 Å². The third-order valence-electron chi connectivity index (χ3n) is 5.87. The van der Waals surface area contributed by atoms with Gasteiger partial charge in [-0.2, -0.15) is 0 Å². The maximum Gasteiger partial charge on any atom is 0.295 e. The van der Waals surface area contributed by atoms with Gasteiger partial charge in [-0.3, -0.25) is 9.59 Å². The molecule has 0 saturated carbocycles. The van der Waals surface area contributed by atoms with E-state index in [9.17, 15) is 14.7 Å². The molecule has 1 fully saturated rings. The van der Waals surface area contributed by atoms with Crippen LogP contribution in [-0.4, -0.2) is 45.9 Å². The molecule has 1 aliphatic rings. The molecule has 1 aliphatic heterocycles. The number of nitrogens with zero attached hydrogens (tertiary/aromatic N) is 1. The van der Waals surface area contributed by atoms with Crippen LogP contribution in [-0.2, 0) is 20.7 Å². The standard InChI is InChI=1S/C26H28N2O4/c1-4-17-9-11-18(12-10-17)23-22(25(30)26(31)28(23)13-14-32-16(2)3)24(29)20-15-27-21-8-6-5-7-19(20)21/h5-12,15-16,23,27,29H,4,13-14H2,1-3H3/b24-22-. The zero-order valence-electron chi connectivity index (χ0n) is 18.6. The first-order valence-electron chi connectivity index (χ1n) is 11.0. The molecular formula is C26H28N2O4. The number of carbonyl (C=O) groups excluding carboxylic acids is 2. The topological polar surface area (TPSA) is 82.6 Å². The number of amides is 1. The van der Waals surface area contributed by atoms with Crippen LogP contribution in [0.4, 0.5) is 0 Å². The Morgan fingerprint density at radius 2 is 1.84 bits per heavy atom. The van der Waals surface area contributed by atoms with Crippen molar-refractivity contribution in [2.45, 2.75) is 39.3 Å². The SMILES string of the molecule is CCc1ccc(C2/C(=C(/O)c3c[nH]c4ccccc34)C(=O)C(=O)N2CCOC(C)C)cc1. The van der Waals surface area contributed by atoms with Gasteiger partial charge >= 0.3 is 0 Å². The van der Waals surface area contributed by atoms with E-state index in [-0.39, 0.29) is 24.0 Å². The second kappa shape index (κ2) is 9.01. The van der Waals surface area contributed by atoms with Crippen LogP contribution in [0.2, 0.25) is 0 Å². The van der Waals surface area contributed by atoms with Crippen LogP contribution in [0.3, 0.4) is 0 Å². The molecule has 3 aromatic rings. The van der Waals surface area contributed by atoms with Gasteiger partial charge < -0.3 is 19.7 Å². The molecule has 1 saturated heterocycles. The number of aryl methyl sites for hydroxylation is 1. The largest absolute Gasteiger partial charge is 0.507 e. The summed E-state index contributed by atoms with van der Waals surface area (Å²) in [5.41, 5.74) is 3.40. The number of hydrogen-bond acceptors (Lipinski definition) is 4. The number of aromatic nitrogens is 1. The minimum atomic E-state index is -0.679. The van der Waals surface area contributed by atoms with E-state index in [0.29, 0.717) is 12.2 Å². The van der Waals surface area contributed by atoms with Crippen LogP contribution >= 0.6 is 0 Å². The van der Waals surface area contributed by atoms with Crippen LogP contribution in [0.25, 0.3) is 16.7 Å². The van der Waals surface area contributed by atoms with E-state index in [1.54, 1.807) is 6.20 Å². The average Bonchev–Trinajstić information content (AvgIpc) is 3.33. The number of aliphatic hydroxyl groups excluding tert-OH is 1. The van der Waals surface area contributed by atoms with Gasteiger partial charge in [-0.05, 0) is 37.5 Å². The fraction of sp³-hybridized carbons (Fsp3) is 0.308. The predicted octanol–water partition coefficient (Wildman–Crippen LogP) is 4.58. The second-order valence-electron chi connectivity index (χ2n) is 8.26. The zero-order chi connectivity index (χ0) is 22.8. The maximum atomic E-state index is 13.1. The number of fused-ring (bicyclic) bond motifs is 1. The first-order chi connectivity index (χ1) is 15.4. The van der Waals surface area contributed by atoms with Crippen LogP contribution in [0.5, 0.6) is 0 Å². The quantitative estimate of drug-likeness (QED) is 0.325. The third-order valence-corrected chi connectivity index (χ3v) is 5.87. The summed E-state index contributed by atoms with van der Waals surface area (Å²) < 4.78 is 5.64. The highest BCUT2D eigenvalue weighted by molar-refractivity contribution is 6.46. The van der Waals surface area contributed by atoms with Gasteiger partial charge in [0.25, 0.3) is 11.7 Å². The van der Waals surface area contributed by atoms with Gasteiger partial charge in [-0.25, -0.2) is 0 Å². The summed E-state index contributed by atoms with van der Waals surface area (Å²) in [6.45, 7) is 6.48. The molecule has 0 radical (unpaired) electrons. The monoisotopic (exact) mass is 432 g/mol. The second-order valence-corrected chi connectivity index (χ2v) is 8.26. The zero-order valence-corrected chi connectivity index (χ0v) is 18.6. The van der Waals surface area contributed by atoms with Gasteiger partial charge in [-0.1, -0.05) is 49.4 Å². The number of Topliss-reactive ketones (excluding diaryl/α,β-unsaturated/α-hetero) is 1. The average molecular weight is 433 g/mol. The Bertz CT molecular complexity index is 1170. The number of para-hydroxylation sites is 1. The molecule has 166 valence electrons. The van der Waals surface area contributed by atoms with Gasteiger partial charge in [-0.15, -0.1) is 0 Å². The van der Waals surface area contributed by atoms with E-state index in [1.807, 2.05) is 62.4 Å². The van der Waals surface area contributed by atoms with Crippen molar-refractivity contribution in [3.8, 4) is 0 Å². The number of rotatable bonds is 7. The van der Waals surface area contributed by atoms with E-state index in [1.165, 1.54) is 4.90 Å². The number of ketones is 1. The molecule has 6 heteroatoms. The third kappa shape index (κ3) is 3.94. The molecule has 1 atom stereocenters. The molecule has 1 amide bonds. The van der Waals surface area contributed by atoms with Gasteiger partial charge in [0.2, 0.25) is 0 Å². The number of likely N-dealkylation sites (tertiary alicyclic amines) is 1. The lowest BCUT2D eigenvalue weighted by molar-refractivity contribution is -0.140. The van der Waals surface area contributed by atoms with E-state index < -0.39 is 17.7 Å². The van der Waals surface area contributed by atoms with Crippen LogP contribution < -0.4 is 0 Å². The Labute approximate surface area is 187 Å². The summed E-state index contributed by atoms with van der Waals surface area (Å²) >= 11 is 0. The lowest BCUT2D eigenvalue weighted by Gasteiger charge is -2.25. The Balaban J connectivity index is 1.83. The van der Waals surface area contributed by atoms with Crippen molar-refractivity contribution in [2.75, 3.05) is 13.2 Å². The molecule has 2 aromatic carbocycles. The summed E-state index contributed by atoms with van der Waals surface area (Å²) in [6.07, 6.45) is 2.57. The minimum absolute atomic E-state index is 0.0142. The summed E-state index contributed by atoms with van der Waals surface area (Å²) in [6, 6.07) is 14.7. The highest BCUT2D eigenvalue weighted by Gasteiger charge is 2.46. The van der Waals surface area contributed by atoms with Crippen molar-refractivity contribution in [1.29, 1.82) is 0 Å². The van der Waals surface area contributed by atoms with Crippen LogP contribution in [0, 0.1) is 0 Å². The lowest BCUT2D eigenvalue weighted by Crippen LogP contribution is -2.33. The smallest absolute Gasteiger partial charge is 0.295 e. The number of aliphatic hydroxyl groups is 1. The Kier molecular flexibility index (Phi) is 6.15. The Morgan fingerprint density at radius 1 is 1.12 bits per heavy atom. The molecule has 0 aliphatic carbocycles. The number of benzene rings is 2. The number of nitrogens with one attached hydrogen (secondary N) is 1. The fourth-order valence-electron chi connectivity index (χ4n) is 4.19. The highest BCUT2D eigenvalue weighted by atomic mass is 16.5. The van der Waals surface area contributed by atoms with Crippen molar-refractivity contribution in [1.82, 2.24) is 9.88 Å². The molecule has 2 N–H and O–H groups in total. The summed E-state index contributed by atoms with van der Waals surface area (Å²) in [5.74, 6) is -1.47. The molecule has 32 heavy (non-hydrogen) atoms. The maximum absolute atomic E-state index is 13.1. The van der Waals surface area contributed by atoms with E-state index in [0.717, 1.165) is 28.5 Å². The minimum Gasteiger partial charge on any atom is -0.507 e. The van der Waals surface area contributed by atoms with E-state index in [4.69, 9.17) is 4.74 Å². The van der Waals surface area contributed by atoms with Crippen LogP contribution in [0.1, 0.15) is 43.5 Å². The predicted molar refractivity (Wildman–Crippen MR) is 124 cm³/mol. The number of aromatic amines is 1. The molecule has 2 heterocycles.